The molecule has 0 radical (unpaired) electrons. The molecule has 0 saturated heterocycles. The topological polar surface area (TPSA) is 76.3 Å². The molecule has 3 rings (SSSR count). The molecule has 2 N–H and O–H groups in total. The highest BCUT2D eigenvalue weighted by molar-refractivity contribution is 7.07. The van der Waals surface area contributed by atoms with Gasteiger partial charge >= 0.3 is 0 Å². The van der Waals surface area contributed by atoms with Gasteiger partial charge in [-0.15, -0.1) is 11.3 Å². The first-order chi connectivity index (χ1) is 11.4. The van der Waals surface area contributed by atoms with Crippen molar-refractivity contribution in [2.24, 2.45) is 5.73 Å². The Balaban J connectivity index is 2.06. The molecule has 0 unspecified atom stereocenters. The highest BCUT2D eigenvalue weighted by Gasteiger charge is 2.38. The summed E-state index contributed by atoms with van der Waals surface area (Å²) in [4.78, 5) is 30.0. The van der Waals surface area contributed by atoms with E-state index in [1.807, 2.05) is 0 Å². The number of primary amides is 1. The standard InChI is InChI=1S/C16H15ClFN3O2S/c1-8(15(19)22)21(16(23)13-6-24-7-20-13)14-3-2-10-11(14)4-9(17)5-12(10)18/h4-8,14H,2-3H2,1H3,(H2,19,22)/t8-,14-/m1/s1. The third-order valence-electron chi connectivity index (χ3n) is 4.27. The predicted molar refractivity (Wildman–Crippen MR) is 89.4 cm³/mol. The van der Waals surface area contributed by atoms with Crippen LogP contribution in [0.1, 0.15) is 41.0 Å². The van der Waals surface area contributed by atoms with Gasteiger partial charge in [0.25, 0.3) is 5.91 Å². The SMILES string of the molecule is C[C@H](C(N)=O)N(C(=O)c1cscn1)[C@@H]1CCc2c(F)cc(Cl)cc21. The summed E-state index contributed by atoms with van der Waals surface area (Å²) < 4.78 is 14.1. The number of fused-ring (bicyclic) bond motifs is 1. The molecule has 1 aliphatic carbocycles. The zero-order valence-electron chi connectivity index (χ0n) is 12.8. The first-order valence-corrected chi connectivity index (χ1v) is 8.70. The summed E-state index contributed by atoms with van der Waals surface area (Å²) >= 11 is 7.26. The van der Waals surface area contributed by atoms with Crippen molar-refractivity contribution in [3.63, 3.8) is 0 Å². The van der Waals surface area contributed by atoms with E-state index < -0.39 is 29.7 Å². The van der Waals surface area contributed by atoms with Gasteiger partial charge in [-0.05, 0) is 43.0 Å². The Morgan fingerprint density at radius 3 is 2.88 bits per heavy atom. The summed E-state index contributed by atoms with van der Waals surface area (Å²) in [7, 11) is 0. The molecule has 5 nitrogen and oxygen atoms in total. The Hall–Kier alpha value is -1.99. The number of hydrogen-bond acceptors (Lipinski definition) is 4. The van der Waals surface area contributed by atoms with Gasteiger partial charge in [-0.2, -0.15) is 0 Å². The zero-order chi connectivity index (χ0) is 17.4. The summed E-state index contributed by atoms with van der Waals surface area (Å²) in [5.41, 5.74) is 8.35. The highest BCUT2D eigenvalue weighted by Crippen LogP contribution is 2.40. The van der Waals surface area contributed by atoms with Crippen molar-refractivity contribution < 1.29 is 14.0 Å². The van der Waals surface area contributed by atoms with E-state index in [1.54, 1.807) is 23.9 Å². The molecule has 1 aliphatic rings. The molecule has 2 aromatic rings. The maximum atomic E-state index is 14.1. The van der Waals surface area contributed by atoms with Gasteiger partial charge in [0.05, 0.1) is 11.6 Å². The number of rotatable bonds is 4. The van der Waals surface area contributed by atoms with Gasteiger partial charge in [-0.3, -0.25) is 9.59 Å². The van der Waals surface area contributed by atoms with Gasteiger partial charge in [0.1, 0.15) is 17.6 Å². The number of carbonyl (C=O) groups excluding carboxylic acids is 2. The minimum Gasteiger partial charge on any atom is -0.368 e. The summed E-state index contributed by atoms with van der Waals surface area (Å²) in [6.45, 7) is 1.56. The third-order valence-corrected chi connectivity index (χ3v) is 5.08. The smallest absolute Gasteiger partial charge is 0.274 e. The van der Waals surface area contributed by atoms with E-state index in [0.29, 0.717) is 24.0 Å². The fourth-order valence-electron chi connectivity index (χ4n) is 3.08. The van der Waals surface area contributed by atoms with Gasteiger partial charge < -0.3 is 10.6 Å². The monoisotopic (exact) mass is 367 g/mol. The number of aromatic nitrogens is 1. The van der Waals surface area contributed by atoms with Crippen LogP contribution in [-0.2, 0) is 11.2 Å². The van der Waals surface area contributed by atoms with Crippen LogP contribution >= 0.6 is 22.9 Å². The average Bonchev–Trinajstić information content (AvgIpc) is 3.17. The molecule has 0 aliphatic heterocycles. The first kappa shape index (κ1) is 16.9. The quantitative estimate of drug-likeness (QED) is 0.902. The average molecular weight is 368 g/mol. The second-order valence-electron chi connectivity index (χ2n) is 5.67. The van der Waals surface area contributed by atoms with Crippen LogP contribution in [0, 0.1) is 5.82 Å². The molecule has 126 valence electrons. The molecule has 1 aromatic heterocycles. The van der Waals surface area contributed by atoms with Crippen molar-refractivity contribution in [1.82, 2.24) is 9.88 Å². The van der Waals surface area contributed by atoms with E-state index in [1.165, 1.54) is 22.3 Å². The summed E-state index contributed by atoms with van der Waals surface area (Å²) in [5, 5.41) is 1.86. The number of hydrogen-bond donors (Lipinski definition) is 1. The van der Waals surface area contributed by atoms with Crippen molar-refractivity contribution in [3.05, 3.63) is 50.7 Å². The molecule has 1 heterocycles. The molecule has 8 heteroatoms. The van der Waals surface area contributed by atoms with Crippen LogP contribution in [0.5, 0.6) is 0 Å². The van der Waals surface area contributed by atoms with E-state index in [2.05, 4.69) is 4.98 Å². The largest absolute Gasteiger partial charge is 0.368 e. The lowest BCUT2D eigenvalue weighted by atomic mass is 10.0. The van der Waals surface area contributed by atoms with Crippen LogP contribution in [0.25, 0.3) is 0 Å². The van der Waals surface area contributed by atoms with Gasteiger partial charge in [0.2, 0.25) is 5.91 Å². The number of halogens is 2. The third kappa shape index (κ3) is 2.89. The number of carbonyl (C=O) groups is 2. The number of benzene rings is 1. The Kier molecular flexibility index (Phi) is 4.56. The predicted octanol–water partition coefficient (Wildman–Crippen LogP) is 2.94. The van der Waals surface area contributed by atoms with Crippen molar-refractivity contribution in [1.29, 1.82) is 0 Å². The van der Waals surface area contributed by atoms with Crippen LogP contribution < -0.4 is 5.73 Å². The molecule has 0 saturated carbocycles. The van der Waals surface area contributed by atoms with Gasteiger partial charge in [0, 0.05) is 10.4 Å². The summed E-state index contributed by atoms with van der Waals surface area (Å²) in [5.74, 6) is -1.43. The van der Waals surface area contributed by atoms with Gasteiger partial charge in [0.15, 0.2) is 0 Å². The van der Waals surface area contributed by atoms with Crippen molar-refractivity contribution in [3.8, 4) is 0 Å². The van der Waals surface area contributed by atoms with Crippen LogP contribution in [0.4, 0.5) is 4.39 Å². The Morgan fingerprint density at radius 1 is 1.50 bits per heavy atom. The molecule has 1 aromatic carbocycles. The van der Waals surface area contributed by atoms with Gasteiger partial charge in [-0.25, -0.2) is 9.37 Å². The lowest BCUT2D eigenvalue weighted by Gasteiger charge is -2.33. The van der Waals surface area contributed by atoms with E-state index in [9.17, 15) is 14.0 Å². The van der Waals surface area contributed by atoms with Crippen LogP contribution in [0.15, 0.2) is 23.0 Å². The molecular weight excluding hydrogens is 353 g/mol. The summed E-state index contributed by atoms with van der Waals surface area (Å²) in [6.07, 6.45) is 0.968. The lowest BCUT2D eigenvalue weighted by Crippen LogP contribution is -2.47. The number of amides is 2. The molecule has 0 fully saturated rings. The molecule has 0 bridgehead atoms. The maximum Gasteiger partial charge on any atom is 0.274 e. The van der Waals surface area contributed by atoms with Crippen LogP contribution in [-0.4, -0.2) is 27.7 Å². The molecule has 24 heavy (non-hydrogen) atoms. The van der Waals surface area contributed by atoms with Crippen LogP contribution in [0.2, 0.25) is 5.02 Å². The van der Waals surface area contributed by atoms with Crippen LogP contribution in [0.3, 0.4) is 0 Å². The molecule has 2 atom stereocenters. The van der Waals surface area contributed by atoms with Crippen molar-refractivity contribution in [2.75, 3.05) is 0 Å². The highest BCUT2D eigenvalue weighted by atomic mass is 35.5. The second-order valence-corrected chi connectivity index (χ2v) is 6.83. The first-order valence-electron chi connectivity index (χ1n) is 7.38. The van der Waals surface area contributed by atoms with Crippen molar-refractivity contribution in [2.45, 2.75) is 31.8 Å². The zero-order valence-corrected chi connectivity index (χ0v) is 14.4. The van der Waals surface area contributed by atoms with E-state index in [0.717, 1.165) is 0 Å². The van der Waals surface area contributed by atoms with Crippen molar-refractivity contribution >= 4 is 34.8 Å². The fourth-order valence-corrected chi connectivity index (χ4v) is 3.82. The molecule has 0 spiro atoms. The van der Waals surface area contributed by atoms with Gasteiger partial charge in [-0.1, -0.05) is 11.6 Å². The number of nitrogens with zero attached hydrogens (tertiary/aromatic N) is 2. The number of thiazole rings is 1. The second kappa shape index (κ2) is 6.49. The molecular formula is C16H15ClFN3O2S. The Labute approximate surface area is 147 Å². The van der Waals surface area contributed by atoms with E-state index in [4.69, 9.17) is 17.3 Å². The van der Waals surface area contributed by atoms with E-state index in [-0.39, 0.29) is 10.7 Å². The minimum absolute atomic E-state index is 0.240. The lowest BCUT2D eigenvalue weighted by molar-refractivity contribution is -0.122. The number of nitrogens with two attached hydrogens (primary N) is 1. The minimum atomic E-state index is -0.850. The Morgan fingerprint density at radius 2 is 2.25 bits per heavy atom. The Bertz CT molecular complexity index is 797. The summed E-state index contributed by atoms with van der Waals surface area (Å²) in [6, 6.07) is 1.58. The normalized spacial score (nSPS) is 17.4. The maximum absolute atomic E-state index is 14.1. The van der Waals surface area contributed by atoms with E-state index >= 15 is 0 Å². The fraction of sp³-hybridized carbons (Fsp3) is 0.312. The molecule has 2 amide bonds.